The van der Waals surface area contributed by atoms with Crippen molar-refractivity contribution in [2.45, 2.75) is 36.3 Å². The second-order valence-corrected chi connectivity index (χ2v) is 11.5. The molecule has 0 bridgehead atoms. The molecule has 12 heteroatoms. The number of nitrogens with one attached hydrogen (secondary N) is 2. The number of nitrogens with zero attached hydrogens (tertiary/aromatic N) is 2. The maximum Gasteiger partial charge on any atom is 0.266 e. The van der Waals surface area contributed by atoms with Gasteiger partial charge in [0.05, 0.1) is 28.4 Å². The van der Waals surface area contributed by atoms with E-state index >= 15 is 0 Å². The molecule has 0 saturated heterocycles. The number of sulfonamides is 1. The van der Waals surface area contributed by atoms with Gasteiger partial charge in [-0.3, -0.25) is 4.72 Å². The summed E-state index contributed by atoms with van der Waals surface area (Å²) in [5.74, 6) is -0.957. The zero-order valence-corrected chi connectivity index (χ0v) is 20.8. The minimum atomic E-state index is -4.21. The van der Waals surface area contributed by atoms with Crippen LogP contribution in [-0.4, -0.2) is 37.2 Å². The van der Waals surface area contributed by atoms with Crippen molar-refractivity contribution in [3.8, 4) is 6.07 Å². The Labute approximate surface area is 211 Å². The van der Waals surface area contributed by atoms with Gasteiger partial charge in [-0.1, -0.05) is 23.7 Å². The number of hydrogen-bond acceptors (Lipinski definition) is 8. The maximum absolute atomic E-state index is 14.9. The number of hydrogen-bond donors (Lipinski definition) is 4. The predicted molar refractivity (Wildman–Crippen MR) is 133 cm³/mol. The molecule has 4 rings (SSSR count). The summed E-state index contributed by atoms with van der Waals surface area (Å²) >= 11 is 7.42. The highest BCUT2D eigenvalue weighted by Gasteiger charge is 2.54. The van der Waals surface area contributed by atoms with Crippen LogP contribution in [-0.2, 0) is 16.4 Å². The summed E-state index contributed by atoms with van der Waals surface area (Å²) in [5.41, 5.74) is 7.08. The summed E-state index contributed by atoms with van der Waals surface area (Å²) < 4.78 is 42.3. The van der Waals surface area contributed by atoms with E-state index in [-0.39, 0.29) is 33.8 Å². The average Bonchev–Trinajstić information content (AvgIpc) is 3.21. The van der Waals surface area contributed by atoms with Crippen LogP contribution in [0.4, 0.5) is 15.2 Å². The normalized spacial score (nSPS) is 20.1. The lowest BCUT2D eigenvalue weighted by Gasteiger charge is -2.22. The molecule has 184 valence electrons. The van der Waals surface area contributed by atoms with Gasteiger partial charge in [-0.2, -0.15) is 5.26 Å². The van der Waals surface area contributed by atoms with Crippen molar-refractivity contribution in [2.24, 2.45) is 11.1 Å². The molecule has 5 N–H and O–H groups in total. The van der Waals surface area contributed by atoms with E-state index in [4.69, 9.17) is 22.6 Å². The van der Waals surface area contributed by atoms with Crippen molar-refractivity contribution in [1.82, 2.24) is 4.98 Å². The number of benzene rings is 2. The Bertz CT molecular complexity index is 1350. The summed E-state index contributed by atoms with van der Waals surface area (Å²) in [6.07, 6.45) is 2.42. The summed E-state index contributed by atoms with van der Waals surface area (Å²) in [6, 6.07) is 11.3. The number of aliphatic hydroxyl groups excluding tert-OH is 1. The van der Waals surface area contributed by atoms with E-state index in [1.807, 2.05) is 12.1 Å². The highest BCUT2D eigenvalue weighted by Crippen LogP contribution is 2.54. The maximum atomic E-state index is 14.9. The molecule has 1 unspecified atom stereocenters. The fraction of sp³-hybridized carbons (Fsp3) is 0.304. The number of halogens is 2. The number of aliphatic hydroxyl groups is 1. The van der Waals surface area contributed by atoms with Crippen molar-refractivity contribution in [1.29, 1.82) is 5.26 Å². The average molecular weight is 536 g/mol. The second kappa shape index (κ2) is 10.1. The van der Waals surface area contributed by atoms with Crippen LogP contribution in [0.5, 0.6) is 0 Å². The first kappa shape index (κ1) is 25.3. The fourth-order valence-corrected chi connectivity index (χ4v) is 6.34. The second-order valence-electron chi connectivity index (χ2n) is 8.55. The number of nitrogens with two attached hydrogens (primary N) is 1. The van der Waals surface area contributed by atoms with Crippen LogP contribution in [0, 0.1) is 22.6 Å². The molecular weight excluding hydrogens is 513 g/mol. The van der Waals surface area contributed by atoms with Crippen molar-refractivity contribution in [2.75, 3.05) is 16.6 Å². The topological polar surface area (TPSA) is 141 Å². The van der Waals surface area contributed by atoms with E-state index in [0.29, 0.717) is 24.8 Å². The van der Waals surface area contributed by atoms with Gasteiger partial charge >= 0.3 is 0 Å². The molecule has 0 amide bonds. The van der Waals surface area contributed by atoms with Gasteiger partial charge in [-0.05, 0) is 54.5 Å². The lowest BCUT2D eigenvalue weighted by Crippen LogP contribution is -2.28. The molecule has 0 spiro atoms. The van der Waals surface area contributed by atoms with Gasteiger partial charge in [0.25, 0.3) is 10.0 Å². The third-order valence-corrected chi connectivity index (χ3v) is 8.52. The number of nitriles is 1. The first-order valence-electron chi connectivity index (χ1n) is 10.7. The van der Waals surface area contributed by atoms with Crippen LogP contribution in [0.15, 0.2) is 52.9 Å². The molecular formula is C23H23ClFN5O3S2. The van der Waals surface area contributed by atoms with Gasteiger partial charge in [0.1, 0.15) is 10.7 Å². The number of rotatable bonds is 10. The van der Waals surface area contributed by atoms with Gasteiger partial charge in [0.15, 0.2) is 5.13 Å². The van der Waals surface area contributed by atoms with E-state index in [9.17, 15) is 17.9 Å². The Morgan fingerprint density at radius 2 is 2.11 bits per heavy atom. The van der Waals surface area contributed by atoms with Gasteiger partial charge in [0.2, 0.25) is 0 Å². The largest absolute Gasteiger partial charge is 0.392 e. The van der Waals surface area contributed by atoms with Crippen molar-refractivity contribution < 1.29 is 17.9 Å². The number of aromatic nitrogens is 1. The third-order valence-electron chi connectivity index (χ3n) is 6.04. The molecule has 1 saturated carbocycles. The van der Waals surface area contributed by atoms with Crippen LogP contribution >= 0.6 is 22.9 Å². The van der Waals surface area contributed by atoms with Crippen molar-refractivity contribution in [3.05, 3.63) is 69.9 Å². The number of thiazole rings is 1. The zero-order chi connectivity index (χ0) is 25.2. The van der Waals surface area contributed by atoms with Gasteiger partial charge in [0, 0.05) is 24.2 Å². The van der Waals surface area contributed by atoms with Crippen molar-refractivity contribution in [3.63, 3.8) is 0 Å². The Morgan fingerprint density at radius 3 is 2.74 bits per heavy atom. The van der Waals surface area contributed by atoms with E-state index in [1.165, 1.54) is 6.20 Å². The molecule has 1 aliphatic rings. The first-order chi connectivity index (χ1) is 16.7. The van der Waals surface area contributed by atoms with E-state index < -0.39 is 26.8 Å². The van der Waals surface area contributed by atoms with Crippen LogP contribution in [0.2, 0.25) is 5.02 Å². The van der Waals surface area contributed by atoms with Gasteiger partial charge in [-0.25, -0.2) is 17.8 Å². The molecule has 1 heterocycles. The molecule has 0 aliphatic heterocycles. The molecule has 3 aromatic rings. The molecule has 1 aliphatic carbocycles. The first-order valence-corrected chi connectivity index (χ1v) is 13.4. The molecule has 1 fully saturated rings. The zero-order valence-electron chi connectivity index (χ0n) is 18.4. The van der Waals surface area contributed by atoms with E-state index in [1.54, 1.807) is 17.5 Å². The summed E-state index contributed by atoms with van der Waals surface area (Å²) in [5, 5.41) is 24.2. The number of anilines is 2. The Kier molecular flexibility index (Phi) is 7.30. The lowest BCUT2D eigenvalue weighted by atomic mass is 9.89. The fourth-order valence-electron chi connectivity index (χ4n) is 4.18. The van der Waals surface area contributed by atoms with Gasteiger partial charge in [-0.15, -0.1) is 11.3 Å². The van der Waals surface area contributed by atoms with Crippen LogP contribution < -0.4 is 15.8 Å². The lowest BCUT2D eigenvalue weighted by molar-refractivity contribution is 0.142. The van der Waals surface area contributed by atoms with E-state index in [0.717, 1.165) is 29.0 Å². The summed E-state index contributed by atoms with van der Waals surface area (Å²) in [7, 11) is -4.21. The van der Waals surface area contributed by atoms with Crippen LogP contribution in [0.25, 0.3) is 0 Å². The standard InChI is InChI=1S/C23H23ClFN5O3S2/c24-17-7-20(35(32,33)30-22-28-5-6-34-22)18(25)8-19(17)29-21-11-23(21,10-16(31)13-27)9-14-1-3-15(12-26)4-2-14/h1-8,16,21,29,31H,9-11,13,27H2,(H,28,30)/t16-,21?,23+/m0/s1. The SMILES string of the molecule is N#Cc1ccc(C[C@@]2(C[C@H](O)CN)CC2Nc2cc(F)c(S(=O)(=O)Nc3nccs3)cc2Cl)cc1. The summed E-state index contributed by atoms with van der Waals surface area (Å²) in [4.78, 5) is 3.27. The monoisotopic (exact) mass is 535 g/mol. The molecule has 2 aromatic carbocycles. The molecule has 1 aromatic heterocycles. The highest BCUT2D eigenvalue weighted by molar-refractivity contribution is 7.93. The smallest absolute Gasteiger partial charge is 0.266 e. The van der Waals surface area contributed by atoms with Crippen LogP contribution in [0.3, 0.4) is 0 Å². The summed E-state index contributed by atoms with van der Waals surface area (Å²) in [6.45, 7) is 0.107. The highest BCUT2D eigenvalue weighted by atomic mass is 35.5. The van der Waals surface area contributed by atoms with E-state index in [2.05, 4.69) is 21.1 Å². The molecule has 35 heavy (non-hydrogen) atoms. The quantitative estimate of drug-likeness (QED) is 0.310. The Morgan fingerprint density at radius 1 is 1.37 bits per heavy atom. The van der Waals surface area contributed by atoms with Crippen molar-refractivity contribution >= 4 is 43.8 Å². The molecule has 8 nitrogen and oxygen atoms in total. The predicted octanol–water partition coefficient (Wildman–Crippen LogP) is 3.73. The van der Waals surface area contributed by atoms with Crippen LogP contribution in [0.1, 0.15) is 24.0 Å². The Balaban J connectivity index is 1.54. The Hall–Kier alpha value is -2.75. The molecule has 3 atom stereocenters. The minimum absolute atomic E-state index is 0.0458. The minimum Gasteiger partial charge on any atom is -0.392 e. The molecule has 0 radical (unpaired) electrons. The van der Waals surface area contributed by atoms with Gasteiger partial charge < -0.3 is 16.2 Å². The third kappa shape index (κ3) is 5.74.